The SMILES string of the molecule is CCCNC(=O)NCCC1=COc2ccccc2O1. The second kappa shape index (κ2) is 6.68. The number of ether oxygens (including phenoxy) is 2. The number of fused-ring (bicyclic) bond motifs is 1. The third-order valence-corrected chi connectivity index (χ3v) is 2.60. The molecule has 1 heterocycles. The Hall–Kier alpha value is -2.17. The standard InChI is InChI=1S/C14H18N2O3/c1-2-8-15-14(17)16-9-7-11-10-18-12-5-3-4-6-13(12)19-11/h3-6,10H,2,7-9H2,1H3,(H2,15,16,17). The van der Waals surface area contributed by atoms with Crippen molar-refractivity contribution in [1.29, 1.82) is 0 Å². The highest BCUT2D eigenvalue weighted by Crippen LogP contribution is 2.32. The van der Waals surface area contributed by atoms with E-state index in [-0.39, 0.29) is 6.03 Å². The van der Waals surface area contributed by atoms with Gasteiger partial charge in [0.1, 0.15) is 12.0 Å². The van der Waals surface area contributed by atoms with Crippen molar-refractivity contribution in [3.05, 3.63) is 36.3 Å². The van der Waals surface area contributed by atoms with Crippen LogP contribution in [0, 0.1) is 0 Å². The number of rotatable bonds is 5. The van der Waals surface area contributed by atoms with E-state index in [0.717, 1.165) is 6.42 Å². The zero-order chi connectivity index (χ0) is 13.5. The fourth-order valence-corrected chi connectivity index (χ4v) is 1.64. The Kier molecular flexibility index (Phi) is 4.66. The minimum atomic E-state index is -0.153. The maximum absolute atomic E-state index is 11.3. The first kappa shape index (κ1) is 13.3. The molecule has 2 N–H and O–H groups in total. The molecule has 0 saturated carbocycles. The van der Waals surface area contributed by atoms with E-state index in [9.17, 15) is 4.79 Å². The van der Waals surface area contributed by atoms with Gasteiger partial charge in [-0.15, -0.1) is 0 Å². The summed E-state index contributed by atoms with van der Waals surface area (Å²) in [6, 6.07) is 7.32. The fourth-order valence-electron chi connectivity index (χ4n) is 1.64. The summed E-state index contributed by atoms with van der Waals surface area (Å²) in [5, 5.41) is 5.51. The van der Waals surface area contributed by atoms with Gasteiger partial charge in [0.15, 0.2) is 11.5 Å². The van der Waals surface area contributed by atoms with Gasteiger partial charge in [-0.25, -0.2) is 4.79 Å². The molecule has 19 heavy (non-hydrogen) atoms. The first-order chi connectivity index (χ1) is 9.29. The minimum absolute atomic E-state index is 0.153. The van der Waals surface area contributed by atoms with E-state index < -0.39 is 0 Å². The van der Waals surface area contributed by atoms with Crippen LogP contribution in [0.15, 0.2) is 36.3 Å². The molecule has 2 amide bonds. The lowest BCUT2D eigenvalue weighted by Crippen LogP contribution is -2.36. The molecule has 5 heteroatoms. The van der Waals surface area contributed by atoms with Gasteiger partial charge in [0.05, 0.1) is 0 Å². The average Bonchev–Trinajstić information content (AvgIpc) is 2.45. The molecule has 0 saturated heterocycles. The summed E-state index contributed by atoms with van der Waals surface area (Å²) in [6.45, 7) is 3.20. The van der Waals surface area contributed by atoms with Gasteiger partial charge in [0.2, 0.25) is 0 Å². The second-order valence-corrected chi connectivity index (χ2v) is 4.18. The van der Waals surface area contributed by atoms with Gasteiger partial charge in [-0.3, -0.25) is 0 Å². The van der Waals surface area contributed by atoms with E-state index in [1.807, 2.05) is 31.2 Å². The Morgan fingerprint density at radius 2 is 1.89 bits per heavy atom. The van der Waals surface area contributed by atoms with Crippen molar-refractivity contribution in [2.24, 2.45) is 0 Å². The Labute approximate surface area is 112 Å². The number of amides is 2. The highest BCUT2D eigenvalue weighted by Gasteiger charge is 2.13. The van der Waals surface area contributed by atoms with Crippen LogP contribution in [-0.4, -0.2) is 19.1 Å². The number of urea groups is 1. The van der Waals surface area contributed by atoms with Crippen LogP contribution in [0.5, 0.6) is 11.5 Å². The number of nitrogens with one attached hydrogen (secondary N) is 2. The van der Waals surface area contributed by atoms with E-state index in [0.29, 0.717) is 36.8 Å². The molecule has 5 nitrogen and oxygen atoms in total. The molecule has 1 aromatic carbocycles. The van der Waals surface area contributed by atoms with Gasteiger partial charge in [-0.2, -0.15) is 0 Å². The Morgan fingerprint density at radius 3 is 2.68 bits per heavy atom. The lowest BCUT2D eigenvalue weighted by atomic mass is 10.3. The highest BCUT2D eigenvalue weighted by atomic mass is 16.6. The first-order valence-corrected chi connectivity index (χ1v) is 6.44. The van der Waals surface area contributed by atoms with Crippen LogP contribution in [0.2, 0.25) is 0 Å². The molecule has 1 aromatic rings. The van der Waals surface area contributed by atoms with Gasteiger partial charge < -0.3 is 20.1 Å². The average molecular weight is 262 g/mol. The number of hydrogen-bond acceptors (Lipinski definition) is 3. The molecule has 1 aliphatic heterocycles. The van der Waals surface area contributed by atoms with Gasteiger partial charge >= 0.3 is 6.03 Å². The monoisotopic (exact) mass is 262 g/mol. The van der Waals surface area contributed by atoms with Crippen molar-refractivity contribution in [2.75, 3.05) is 13.1 Å². The third-order valence-electron chi connectivity index (χ3n) is 2.60. The molecule has 0 bridgehead atoms. The lowest BCUT2D eigenvalue weighted by molar-refractivity contribution is 0.240. The van der Waals surface area contributed by atoms with Gasteiger partial charge in [-0.1, -0.05) is 19.1 Å². The predicted octanol–water partition coefficient (Wildman–Crippen LogP) is 2.40. The normalized spacial score (nSPS) is 12.6. The lowest BCUT2D eigenvalue weighted by Gasteiger charge is -2.18. The predicted molar refractivity (Wildman–Crippen MR) is 72.1 cm³/mol. The van der Waals surface area contributed by atoms with Gasteiger partial charge in [0.25, 0.3) is 0 Å². The zero-order valence-electron chi connectivity index (χ0n) is 10.9. The van der Waals surface area contributed by atoms with E-state index in [1.54, 1.807) is 6.26 Å². The number of carbonyl (C=O) groups excluding carboxylic acids is 1. The summed E-state index contributed by atoms with van der Waals surface area (Å²) in [5.41, 5.74) is 0. The number of benzene rings is 1. The molecule has 0 unspecified atom stereocenters. The summed E-state index contributed by atoms with van der Waals surface area (Å²) in [5.74, 6) is 2.12. The van der Waals surface area contributed by atoms with E-state index >= 15 is 0 Å². The summed E-state index contributed by atoms with van der Waals surface area (Å²) >= 11 is 0. The van der Waals surface area contributed by atoms with Crippen LogP contribution in [0.1, 0.15) is 19.8 Å². The summed E-state index contributed by atoms with van der Waals surface area (Å²) in [7, 11) is 0. The quantitative estimate of drug-likeness (QED) is 0.856. The number of para-hydroxylation sites is 2. The molecule has 0 fully saturated rings. The molecule has 0 spiro atoms. The Morgan fingerprint density at radius 1 is 1.16 bits per heavy atom. The molecular formula is C14H18N2O3. The van der Waals surface area contributed by atoms with Crippen molar-refractivity contribution in [1.82, 2.24) is 10.6 Å². The molecular weight excluding hydrogens is 244 g/mol. The molecule has 102 valence electrons. The summed E-state index contributed by atoms with van der Waals surface area (Å²) < 4.78 is 11.1. The third kappa shape index (κ3) is 3.91. The van der Waals surface area contributed by atoms with Crippen LogP contribution in [0.4, 0.5) is 4.79 Å². The summed E-state index contributed by atoms with van der Waals surface area (Å²) in [6.07, 6.45) is 3.09. The maximum atomic E-state index is 11.3. The van der Waals surface area contributed by atoms with Crippen LogP contribution in [0.3, 0.4) is 0 Å². The van der Waals surface area contributed by atoms with Crippen molar-refractivity contribution >= 4 is 6.03 Å². The summed E-state index contributed by atoms with van der Waals surface area (Å²) in [4.78, 5) is 11.3. The number of carbonyl (C=O) groups is 1. The first-order valence-electron chi connectivity index (χ1n) is 6.44. The maximum Gasteiger partial charge on any atom is 0.314 e. The largest absolute Gasteiger partial charge is 0.458 e. The van der Waals surface area contributed by atoms with Crippen molar-refractivity contribution in [2.45, 2.75) is 19.8 Å². The van der Waals surface area contributed by atoms with Crippen molar-refractivity contribution in [3.8, 4) is 11.5 Å². The molecule has 0 radical (unpaired) electrons. The topological polar surface area (TPSA) is 59.6 Å². The van der Waals surface area contributed by atoms with Crippen LogP contribution in [-0.2, 0) is 0 Å². The molecule has 2 rings (SSSR count). The van der Waals surface area contributed by atoms with E-state index in [1.165, 1.54) is 0 Å². The number of hydrogen-bond donors (Lipinski definition) is 2. The van der Waals surface area contributed by atoms with Crippen molar-refractivity contribution < 1.29 is 14.3 Å². The highest BCUT2D eigenvalue weighted by molar-refractivity contribution is 5.73. The Bertz CT molecular complexity index is 472. The van der Waals surface area contributed by atoms with Crippen LogP contribution in [0.25, 0.3) is 0 Å². The molecule has 0 atom stereocenters. The van der Waals surface area contributed by atoms with Gasteiger partial charge in [0, 0.05) is 19.5 Å². The van der Waals surface area contributed by atoms with Crippen LogP contribution >= 0.6 is 0 Å². The van der Waals surface area contributed by atoms with E-state index in [4.69, 9.17) is 9.47 Å². The molecule has 0 aliphatic carbocycles. The molecule has 0 aromatic heterocycles. The minimum Gasteiger partial charge on any atom is -0.458 e. The smallest absolute Gasteiger partial charge is 0.314 e. The van der Waals surface area contributed by atoms with Crippen LogP contribution < -0.4 is 20.1 Å². The Balaban J connectivity index is 1.74. The fraction of sp³-hybridized carbons (Fsp3) is 0.357. The second-order valence-electron chi connectivity index (χ2n) is 4.18. The molecule has 1 aliphatic rings. The van der Waals surface area contributed by atoms with Gasteiger partial charge in [-0.05, 0) is 18.6 Å². The zero-order valence-corrected chi connectivity index (χ0v) is 10.9. The van der Waals surface area contributed by atoms with Crippen molar-refractivity contribution in [3.63, 3.8) is 0 Å². The van der Waals surface area contributed by atoms with E-state index in [2.05, 4.69) is 10.6 Å².